The van der Waals surface area contributed by atoms with E-state index in [1.807, 2.05) is 0 Å². The van der Waals surface area contributed by atoms with Gasteiger partial charge in [0.15, 0.2) is 11.5 Å². The highest BCUT2D eigenvalue weighted by molar-refractivity contribution is 7.91. The van der Waals surface area contributed by atoms with Gasteiger partial charge in [0.2, 0.25) is 10.0 Å². The molecule has 0 saturated heterocycles. The quantitative estimate of drug-likeness (QED) is 0.686. The maximum atomic E-state index is 12.1. The Morgan fingerprint density at radius 3 is 2.60 bits per heavy atom. The van der Waals surface area contributed by atoms with E-state index < -0.39 is 15.9 Å². The van der Waals surface area contributed by atoms with Gasteiger partial charge in [0.05, 0.1) is 6.54 Å². The topological polar surface area (TPSA) is 115 Å². The standard InChI is InChI=1S/C15H12ClN3O4S2/c16-10-3-1-9(2-4-10)13-7-12(19-23-13)15(20)18-8-11-5-6-14(24-11)25(17,21)22/h1-7H,8H2,(H,18,20)(H2,17,21,22). The number of sulfonamides is 1. The summed E-state index contributed by atoms with van der Waals surface area (Å²) in [5.74, 6) is 0.00368. The van der Waals surface area contributed by atoms with Crippen molar-refractivity contribution in [2.75, 3.05) is 0 Å². The van der Waals surface area contributed by atoms with Gasteiger partial charge in [-0.3, -0.25) is 4.79 Å². The van der Waals surface area contributed by atoms with E-state index in [9.17, 15) is 13.2 Å². The monoisotopic (exact) mass is 397 g/mol. The SMILES string of the molecule is NS(=O)(=O)c1ccc(CNC(=O)c2cc(-c3ccc(Cl)cc3)on2)s1. The number of nitrogens with one attached hydrogen (secondary N) is 1. The van der Waals surface area contributed by atoms with Crippen molar-refractivity contribution in [3.05, 3.63) is 58.1 Å². The fraction of sp³-hybridized carbons (Fsp3) is 0.0667. The Bertz CT molecular complexity index is 1010. The molecule has 0 spiro atoms. The highest BCUT2D eigenvalue weighted by atomic mass is 35.5. The van der Waals surface area contributed by atoms with E-state index in [1.54, 1.807) is 30.3 Å². The molecule has 1 amide bonds. The van der Waals surface area contributed by atoms with Crippen LogP contribution in [0.3, 0.4) is 0 Å². The first-order valence-electron chi connectivity index (χ1n) is 6.95. The molecule has 0 saturated carbocycles. The lowest BCUT2D eigenvalue weighted by Gasteiger charge is -1.99. The number of thiophene rings is 1. The number of hydrogen-bond acceptors (Lipinski definition) is 6. The number of nitrogens with two attached hydrogens (primary N) is 1. The van der Waals surface area contributed by atoms with Crippen LogP contribution >= 0.6 is 22.9 Å². The summed E-state index contributed by atoms with van der Waals surface area (Å²) in [5, 5.41) is 12.0. The van der Waals surface area contributed by atoms with Crippen molar-refractivity contribution in [1.82, 2.24) is 10.5 Å². The summed E-state index contributed by atoms with van der Waals surface area (Å²) < 4.78 is 27.7. The molecule has 0 unspecified atom stereocenters. The Labute approximate surface area is 152 Å². The first-order valence-corrected chi connectivity index (χ1v) is 9.69. The zero-order valence-corrected chi connectivity index (χ0v) is 15.0. The zero-order valence-electron chi connectivity index (χ0n) is 12.6. The third kappa shape index (κ3) is 4.26. The number of rotatable bonds is 5. The van der Waals surface area contributed by atoms with E-state index >= 15 is 0 Å². The minimum absolute atomic E-state index is 0.0446. The first-order chi connectivity index (χ1) is 11.8. The molecule has 0 aliphatic rings. The Kier molecular flexibility index (Phi) is 4.91. The number of halogens is 1. The molecular formula is C15H12ClN3O4S2. The molecular weight excluding hydrogens is 386 g/mol. The molecule has 130 valence electrons. The van der Waals surface area contributed by atoms with Crippen LogP contribution in [0.25, 0.3) is 11.3 Å². The highest BCUT2D eigenvalue weighted by Crippen LogP contribution is 2.23. The smallest absolute Gasteiger partial charge is 0.273 e. The number of carbonyl (C=O) groups is 1. The lowest BCUT2D eigenvalue weighted by atomic mass is 10.1. The van der Waals surface area contributed by atoms with E-state index in [1.165, 1.54) is 12.1 Å². The van der Waals surface area contributed by atoms with Crippen LogP contribution < -0.4 is 10.5 Å². The third-order valence-electron chi connectivity index (χ3n) is 3.21. The second kappa shape index (κ2) is 6.96. The molecule has 0 aliphatic heterocycles. The number of nitrogens with zero attached hydrogens (tertiary/aromatic N) is 1. The summed E-state index contributed by atoms with van der Waals surface area (Å²) in [5.41, 5.74) is 0.861. The van der Waals surface area contributed by atoms with E-state index in [0.29, 0.717) is 15.7 Å². The minimum atomic E-state index is -3.73. The summed E-state index contributed by atoms with van der Waals surface area (Å²) in [6, 6.07) is 11.4. The van der Waals surface area contributed by atoms with Crippen LogP contribution in [0.2, 0.25) is 5.02 Å². The second-order valence-corrected chi connectivity index (χ2v) is 8.42. The summed E-state index contributed by atoms with van der Waals surface area (Å²) in [6.45, 7) is 0.155. The van der Waals surface area contributed by atoms with Crippen molar-refractivity contribution in [2.24, 2.45) is 5.14 Å². The Hall–Kier alpha value is -2.20. The van der Waals surface area contributed by atoms with Crippen LogP contribution in [-0.2, 0) is 16.6 Å². The number of primary sulfonamides is 1. The van der Waals surface area contributed by atoms with Crippen molar-refractivity contribution in [2.45, 2.75) is 10.8 Å². The van der Waals surface area contributed by atoms with Gasteiger partial charge in [0, 0.05) is 21.5 Å². The van der Waals surface area contributed by atoms with Crippen molar-refractivity contribution in [3.63, 3.8) is 0 Å². The molecule has 2 heterocycles. The van der Waals surface area contributed by atoms with E-state index in [4.69, 9.17) is 21.3 Å². The van der Waals surface area contributed by atoms with Gasteiger partial charge < -0.3 is 9.84 Å². The average molecular weight is 398 g/mol. The van der Waals surface area contributed by atoms with Gasteiger partial charge in [0.25, 0.3) is 5.91 Å². The third-order valence-corrected chi connectivity index (χ3v) is 5.99. The maximum Gasteiger partial charge on any atom is 0.273 e. The molecule has 25 heavy (non-hydrogen) atoms. The lowest BCUT2D eigenvalue weighted by molar-refractivity contribution is 0.0942. The summed E-state index contributed by atoms with van der Waals surface area (Å²) in [6.07, 6.45) is 0. The highest BCUT2D eigenvalue weighted by Gasteiger charge is 2.15. The van der Waals surface area contributed by atoms with Crippen molar-refractivity contribution in [1.29, 1.82) is 0 Å². The molecule has 3 N–H and O–H groups in total. The number of amides is 1. The molecule has 0 aliphatic carbocycles. The lowest BCUT2D eigenvalue weighted by Crippen LogP contribution is -2.22. The van der Waals surface area contributed by atoms with Gasteiger partial charge in [-0.15, -0.1) is 11.3 Å². The van der Waals surface area contributed by atoms with Crippen LogP contribution in [0.1, 0.15) is 15.4 Å². The van der Waals surface area contributed by atoms with E-state index in [2.05, 4.69) is 10.5 Å². The van der Waals surface area contributed by atoms with Crippen LogP contribution in [0.5, 0.6) is 0 Å². The molecule has 0 bridgehead atoms. The molecule has 3 aromatic rings. The molecule has 10 heteroatoms. The van der Waals surface area contributed by atoms with E-state index in [0.717, 1.165) is 16.9 Å². The summed E-state index contributed by atoms with van der Waals surface area (Å²) in [7, 11) is -3.73. The summed E-state index contributed by atoms with van der Waals surface area (Å²) >= 11 is 6.83. The summed E-state index contributed by atoms with van der Waals surface area (Å²) in [4.78, 5) is 12.8. The number of aromatic nitrogens is 1. The largest absolute Gasteiger partial charge is 0.355 e. The average Bonchev–Trinajstić information content (AvgIpc) is 3.22. The van der Waals surface area contributed by atoms with Gasteiger partial charge in [-0.2, -0.15) is 0 Å². The van der Waals surface area contributed by atoms with Crippen LogP contribution in [-0.4, -0.2) is 19.5 Å². The normalized spacial score (nSPS) is 11.4. The molecule has 3 rings (SSSR count). The predicted octanol–water partition coefficient (Wildman–Crippen LogP) is 2.63. The first kappa shape index (κ1) is 17.6. The molecule has 0 atom stereocenters. The Morgan fingerprint density at radius 2 is 1.96 bits per heavy atom. The number of carbonyl (C=O) groups excluding carboxylic acids is 1. The molecule has 7 nitrogen and oxygen atoms in total. The van der Waals surface area contributed by atoms with Gasteiger partial charge in [-0.25, -0.2) is 13.6 Å². The minimum Gasteiger partial charge on any atom is -0.355 e. The van der Waals surface area contributed by atoms with Gasteiger partial charge in [-0.05, 0) is 36.4 Å². The predicted molar refractivity (Wildman–Crippen MR) is 93.8 cm³/mol. The van der Waals surface area contributed by atoms with Crippen LogP contribution in [0.4, 0.5) is 0 Å². The number of hydrogen-bond donors (Lipinski definition) is 2. The van der Waals surface area contributed by atoms with Gasteiger partial charge >= 0.3 is 0 Å². The molecule has 0 radical (unpaired) electrons. The number of benzene rings is 1. The zero-order chi connectivity index (χ0) is 18.0. The molecule has 0 fully saturated rings. The van der Waals surface area contributed by atoms with Crippen molar-refractivity contribution in [3.8, 4) is 11.3 Å². The Balaban J connectivity index is 1.66. The van der Waals surface area contributed by atoms with Crippen molar-refractivity contribution >= 4 is 38.9 Å². The van der Waals surface area contributed by atoms with Gasteiger partial charge in [-0.1, -0.05) is 16.8 Å². The van der Waals surface area contributed by atoms with Gasteiger partial charge in [0.1, 0.15) is 4.21 Å². The molecule has 1 aromatic carbocycles. The van der Waals surface area contributed by atoms with Crippen molar-refractivity contribution < 1.29 is 17.7 Å². The van der Waals surface area contributed by atoms with E-state index in [-0.39, 0.29) is 16.4 Å². The fourth-order valence-corrected chi connectivity index (χ4v) is 3.84. The maximum absolute atomic E-state index is 12.1. The fourth-order valence-electron chi connectivity index (χ4n) is 2.00. The van der Waals surface area contributed by atoms with Crippen LogP contribution in [0, 0.1) is 0 Å². The van der Waals surface area contributed by atoms with Crippen LogP contribution in [0.15, 0.2) is 51.2 Å². The molecule has 2 aromatic heterocycles. The second-order valence-electron chi connectivity index (χ2n) is 5.03. The Morgan fingerprint density at radius 1 is 1.24 bits per heavy atom.